The van der Waals surface area contributed by atoms with Gasteiger partial charge >= 0.3 is 0 Å². The summed E-state index contributed by atoms with van der Waals surface area (Å²) in [6.07, 6.45) is 3.25. The normalized spacial score (nSPS) is 11.9. The van der Waals surface area contributed by atoms with Crippen molar-refractivity contribution in [1.82, 2.24) is 10.1 Å². The lowest BCUT2D eigenvalue weighted by Gasteiger charge is -2.20. The summed E-state index contributed by atoms with van der Waals surface area (Å²) in [5.41, 5.74) is 0.680. The molecule has 1 aromatic carbocycles. The number of rotatable bonds is 5. The van der Waals surface area contributed by atoms with Crippen LogP contribution in [0.4, 0.5) is 5.69 Å². The fraction of sp³-hybridized carbons (Fsp3) is 0.267. The van der Waals surface area contributed by atoms with Crippen molar-refractivity contribution in [1.29, 1.82) is 0 Å². The zero-order chi connectivity index (χ0) is 17.2. The smallest absolute Gasteiger partial charge is 0.269 e. The summed E-state index contributed by atoms with van der Waals surface area (Å²) >= 11 is 6.10. The molecule has 1 aromatic heterocycles. The van der Waals surface area contributed by atoms with Crippen molar-refractivity contribution >= 4 is 33.4 Å². The number of hydrogen-bond donors (Lipinski definition) is 0. The molecule has 0 saturated heterocycles. The van der Waals surface area contributed by atoms with Crippen LogP contribution in [0.1, 0.15) is 11.5 Å². The molecule has 1 heterocycles. The van der Waals surface area contributed by atoms with Crippen molar-refractivity contribution in [2.75, 3.05) is 25.4 Å². The lowest BCUT2D eigenvalue weighted by atomic mass is 10.3. The molecular weight excluding hydrogens is 338 g/mol. The molecule has 6 nitrogen and oxygen atoms in total. The first-order valence-corrected chi connectivity index (χ1v) is 8.61. The average Bonchev–Trinajstić information content (AvgIpc) is 2.86. The fourth-order valence-corrected chi connectivity index (χ4v) is 3.76. The van der Waals surface area contributed by atoms with Gasteiger partial charge in [0.15, 0.2) is 10.7 Å². The number of nitrogens with zero attached hydrogens (tertiary/aromatic N) is 3. The highest BCUT2D eigenvalue weighted by Crippen LogP contribution is 2.31. The van der Waals surface area contributed by atoms with Crippen LogP contribution in [0.3, 0.4) is 0 Å². The maximum atomic E-state index is 13.0. The Morgan fingerprint density at radius 1 is 1.22 bits per heavy atom. The van der Waals surface area contributed by atoms with Gasteiger partial charge in [-0.3, -0.25) is 4.31 Å². The third kappa shape index (κ3) is 3.51. The first-order chi connectivity index (χ1) is 10.7. The minimum absolute atomic E-state index is 0.0259. The van der Waals surface area contributed by atoms with E-state index >= 15 is 0 Å². The van der Waals surface area contributed by atoms with Gasteiger partial charge in [0.05, 0.1) is 10.7 Å². The van der Waals surface area contributed by atoms with Crippen LogP contribution in [0.2, 0.25) is 5.02 Å². The van der Waals surface area contributed by atoms with Crippen LogP contribution in [-0.4, -0.2) is 39.6 Å². The molecule has 0 aliphatic rings. The highest BCUT2D eigenvalue weighted by Gasteiger charge is 2.30. The van der Waals surface area contributed by atoms with Crippen molar-refractivity contribution in [2.45, 2.75) is 11.8 Å². The van der Waals surface area contributed by atoms with Gasteiger partial charge in [-0.2, -0.15) is 0 Å². The summed E-state index contributed by atoms with van der Waals surface area (Å²) in [5.74, 6) is 0.176. The molecular formula is C15H18ClN3O3S. The monoisotopic (exact) mass is 355 g/mol. The van der Waals surface area contributed by atoms with E-state index in [2.05, 4.69) is 5.16 Å². The van der Waals surface area contributed by atoms with Gasteiger partial charge in [0.2, 0.25) is 0 Å². The molecule has 124 valence electrons. The second kappa shape index (κ2) is 6.64. The van der Waals surface area contributed by atoms with E-state index in [-0.39, 0.29) is 10.7 Å². The van der Waals surface area contributed by atoms with E-state index in [4.69, 9.17) is 16.1 Å². The van der Waals surface area contributed by atoms with E-state index in [0.29, 0.717) is 16.4 Å². The molecule has 0 radical (unpaired) electrons. The highest BCUT2D eigenvalue weighted by atomic mass is 35.5. The van der Waals surface area contributed by atoms with Crippen LogP contribution in [-0.2, 0) is 10.0 Å². The minimum atomic E-state index is -3.86. The Morgan fingerprint density at radius 2 is 1.87 bits per heavy atom. The van der Waals surface area contributed by atoms with Gasteiger partial charge in [-0.05, 0) is 19.1 Å². The van der Waals surface area contributed by atoms with Crippen LogP contribution < -0.4 is 4.31 Å². The van der Waals surface area contributed by atoms with Crippen molar-refractivity contribution in [2.24, 2.45) is 0 Å². The largest absolute Gasteiger partial charge is 0.383 e. The minimum Gasteiger partial charge on any atom is -0.383 e. The number of hydrogen-bond acceptors (Lipinski definition) is 5. The summed E-state index contributed by atoms with van der Waals surface area (Å²) in [6, 6.07) is 6.73. The molecule has 0 fully saturated rings. The topological polar surface area (TPSA) is 66.7 Å². The van der Waals surface area contributed by atoms with Crippen LogP contribution in [0.25, 0.3) is 6.08 Å². The Hall–Kier alpha value is -1.99. The maximum Gasteiger partial charge on any atom is 0.269 e. The Kier molecular flexibility index (Phi) is 5.01. The molecule has 2 rings (SSSR count). The van der Waals surface area contributed by atoms with Crippen molar-refractivity contribution in [3.05, 3.63) is 46.9 Å². The molecule has 2 aromatic rings. The van der Waals surface area contributed by atoms with Gasteiger partial charge in [-0.25, -0.2) is 8.42 Å². The maximum absolute atomic E-state index is 13.0. The summed E-state index contributed by atoms with van der Waals surface area (Å²) in [4.78, 5) is 1.80. The molecule has 0 aliphatic carbocycles. The van der Waals surface area contributed by atoms with E-state index < -0.39 is 10.0 Å². The Morgan fingerprint density at radius 3 is 2.48 bits per heavy atom. The number of aromatic nitrogens is 1. The van der Waals surface area contributed by atoms with Crippen LogP contribution in [0, 0.1) is 6.92 Å². The molecule has 0 atom stereocenters. The number of benzene rings is 1. The van der Waals surface area contributed by atoms with Crippen molar-refractivity contribution in [3.8, 4) is 0 Å². The Bertz CT molecular complexity index is 828. The summed E-state index contributed by atoms with van der Waals surface area (Å²) in [5, 5.41) is 4.12. The molecule has 0 amide bonds. The first kappa shape index (κ1) is 17.4. The van der Waals surface area contributed by atoms with Gasteiger partial charge in [-0.15, -0.1) is 0 Å². The second-order valence-corrected chi connectivity index (χ2v) is 7.48. The number of halogens is 1. The number of aryl methyl sites for hydroxylation is 1. The van der Waals surface area contributed by atoms with E-state index in [1.165, 1.54) is 7.05 Å². The third-order valence-electron chi connectivity index (χ3n) is 3.17. The molecule has 0 saturated carbocycles. The van der Waals surface area contributed by atoms with Gasteiger partial charge in [0.1, 0.15) is 5.69 Å². The lowest BCUT2D eigenvalue weighted by Crippen LogP contribution is -2.27. The molecule has 0 spiro atoms. The standard InChI is InChI=1S/C15H18ClN3O3S/c1-11-15(14(22-17-11)9-10-18(2)3)23(20,21)19(4)13-8-6-5-7-12(13)16/h5-10H,1-4H3/b10-9+. The Balaban J connectivity index is 2.52. The fourth-order valence-electron chi connectivity index (χ4n) is 1.99. The second-order valence-electron chi connectivity index (χ2n) is 5.16. The van der Waals surface area contributed by atoms with Gasteiger partial charge < -0.3 is 9.42 Å². The molecule has 0 bridgehead atoms. The van der Waals surface area contributed by atoms with E-state index in [0.717, 1.165) is 4.31 Å². The highest BCUT2D eigenvalue weighted by molar-refractivity contribution is 7.93. The Labute approximate surface area is 141 Å². The molecule has 8 heteroatoms. The number of sulfonamides is 1. The summed E-state index contributed by atoms with van der Waals surface area (Å²) < 4.78 is 32.2. The van der Waals surface area contributed by atoms with E-state index in [1.807, 2.05) is 14.1 Å². The molecule has 23 heavy (non-hydrogen) atoms. The predicted molar refractivity (Wildman–Crippen MR) is 91.0 cm³/mol. The van der Waals surface area contributed by atoms with Crippen molar-refractivity contribution in [3.63, 3.8) is 0 Å². The first-order valence-electron chi connectivity index (χ1n) is 6.79. The number of para-hydroxylation sites is 1. The zero-order valence-corrected chi connectivity index (χ0v) is 14.9. The zero-order valence-electron chi connectivity index (χ0n) is 13.3. The van der Waals surface area contributed by atoms with Crippen LogP contribution in [0.15, 0.2) is 39.9 Å². The average molecular weight is 356 g/mol. The van der Waals surface area contributed by atoms with Gasteiger partial charge in [0.25, 0.3) is 10.0 Å². The molecule has 0 aliphatic heterocycles. The van der Waals surface area contributed by atoms with E-state index in [9.17, 15) is 8.42 Å². The van der Waals surface area contributed by atoms with E-state index in [1.54, 1.807) is 48.4 Å². The molecule has 0 N–H and O–H groups in total. The third-order valence-corrected chi connectivity index (χ3v) is 5.42. The number of anilines is 1. The van der Waals surface area contributed by atoms with Crippen LogP contribution >= 0.6 is 11.6 Å². The van der Waals surface area contributed by atoms with Gasteiger partial charge in [0, 0.05) is 33.4 Å². The molecule has 0 unspecified atom stereocenters. The van der Waals surface area contributed by atoms with Gasteiger partial charge in [-0.1, -0.05) is 28.9 Å². The lowest BCUT2D eigenvalue weighted by molar-refractivity contribution is 0.405. The summed E-state index contributed by atoms with van der Waals surface area (Å²) in [7, 11) is 1.24. The van der Waals surface area contributed by atoms with Crippen molar-refractivity contribution < 1.29 is 12.9 Å². The quantitative estimate of drug-likeness (QED) is 0.824. The SMILES string of the molecule is Cc1noc(/C=C/N(C)C)c1S(=O)(=O)N(C)c1ccccc1Cl. The van der Waals surface area contributed by atoms with Crippen LogP contribution in [0.5, 0.6) is 0 Å². The summed E-state index contributed by atoms with van der Waals surface area (Å²) in [6.45, 7) is 1.59. The predicted octanol–water partition coefficient (Wildman–Crippen LogP) is 2.99.